The zero-order valence-corrected chi connectivity index (χ0v) is 10.9. The van der Waals surface area contributed by atoms with Crippen molar-refractivity contribution in [1.29, 1.82) is 0 Å². The summed E-state index contributed by atoms with van der Waals surface area (Å²) in [5, 5.41) is 12.2. The molecular weight excluding hydrogens is 244 g/mol. The van der Waals surface area contributed by atoms with Gasteiger partial charge in [0.1, 0.15) is 5.54 Å². The molecule has 1 aromatic carbocycles. The van der Waals surface area contributed by atoms with Gasteiger partial charge in [-0.2, -0.15) is 0 Å². The summed E-state index contributed by atoms with van der Waals surface area (Å²) in [4.78, 5) is 25.2. The molecule has 1 fully saturated rings. The van der Waals surface area contributed by atoms with Crippen LogP contribution in [0.2, 0.25) is 0 Å². The lowest BCUT2D eigenvalue weighted by atomic mass is 9.93. The number of amides is 2. The highest BCUT2D eigenvalue weighted by Gasteiger charge is 2.48. The Kier molecular flexibility index (Phi) is 3.74. The zero-order valence-electron chi connectivity index (χ0n) is 10.9. The SMILES string of the molecule is CCC1(C(=O)O)CCCN1C(=O)Nc1ccccc1. The molecule has 1 heterocycles. The van der Waals surface area contributed by atoms with Gasteiger partial charge < -0.3 is 15.3 Å². The van der Waals surface area contributed by atoms with Crippen molar-refractivity contribution >= 4 is 17.7 Å². The van der Waals surface area contributed by atoms with Gasteiger partial charge in [-0.3, -0.25) is 0 Å². The number of carbonyl (C=O) groups excluding carboxylic acids is 1. The first-order valence-corrected chi connectivity index (χ1v) is 6.47. The van der Waals surface area contributed by atoms with Crippen LogP contribution in [-0.4, -0.2) is 34.1 Å². The van der Waals surface area contributed by atoms with Crippen LogP contribution in [0, 0.1) is 0 Å². The van der Waals surface area contributed by atoms with Crippen LogP contribution in [0.1, 0.15) is 26.2 Å². The number of benzene rings is 1. The number of carbonyl (C=O) groups is 2. The van der Waals surface area contributed by atoms with Crippen LogP contribution in [0.15, 0.2) is 30.3 Å². The number of para-hydroxylation sites is 1. The minimum Gasteiger partial charge on any atom is -0.479 e. The van der Waals surface area contributed by atoms with Crippen molar-refractivity contribution in [2.75, 3.05) is 11.9 Å². The van der Waals surface area contributed by atoms with E-state index in [9.17, 15) is 14.7 Å². The summed E-state index contributed by atoms with van der Waals surface area (Å²) < 4.78 is 0. The largest absolute Gasteiger partial charge is 0.479 e. The average molecular weight is 262 g/mol. The Bertz CT molecular complexity index is 475. The van der Waals surface area contributed by atoms with Gasteiger partial charge >= 0.3 is 12.0 Å². The standard InChI is InChI=1S/C14H18N2O3/c1-2-14(12(17)18)9-6-10-16(14)13(19)15-11-7-4-3-5-8-11/h3-5,7-8H,2,6,9-10H2,1H3,(H,15,19)(H,17,18). The van der Waals surface area contributed by atoms with Gasteiger partial charge in [0.15, 0.2) is 0 Å². The van der Waals surface area contributed by atoms with Crippen LogP contribution in [0.4, 0.5) is 10.5 Å². The van der Waals surface area contributed by atoms with E-state index < -0.39 is 11.5 Å². The molecule has 1 saturated heterocycles. The first kappa shape index (κ1) is 13.4. The lowest BCUT2D eigenvalue weighted by molar-refractivity contribution is -0.148. The summed E-state index contributed by atoms with van der Waals surface area (Å²) in [6.07, 6.45) is 1.66. The molecule has 0 spiro atoms. The number of carboxylic acids is 1. The highest BCUT2D eigenvalue weighted by Crippen LogP contribution is 2.33. The molecule has 2 rings (SSSR count). The molecule has 5 nitrogen and oxygen atoms in total. The molecule has 19 heavy (non-hydrogen) atoms. The van der Waals surface area contributed by atoms with Crippen molar-refractivity contribution in [2.24, 2.45) is 0 Å². The third-order valence-corrected chi connectivity index (χ3v) is 3.74. The first-order chi connectivity index (χ1) is 9.10. The molecule has 2 N–H and O–H groups in total. The quantitative estimate of drug-likeness (QED) is 0.879. The number of likely N-dealkylation sites (tertiary alicyclic amines) is 1. The Hall–Kier alpha value is -2.04. The predicted molar refractivity (Wildman–Crippen MR) is 72.1 cm³/mol. The van der Waals surface area contributed by atoms with Gasteiger partial charge in [0, 0.05) is 12.2 Å². The number of nitrogens with one attached hydrogen (secondary N) is 1. The topological polar surface area (TPSA) is 69.6 Å². The molecular formula is C14H18N2O3. The normalized spacial score (nSPS) is 22.3. The second-order valence-corrected chi connectivity index (χ2v) is 4.74. The summed E-state index contributed by atoms with van der Waals surface area (Å²) >= 11 is 0. The fraction of sp³-hybridized carbons (Fsp3) is 0.429. The molecule has 1 aromatic rings. The molecule has 1 unspecified atom stereocenters. The summed E-state index contributed by atoms with van der Waals surface area (Å²) in [6.45, 7) is 2.29. The third kappa shape index (κ3) is 2.41. The van der Waals surface area contributed by atoms with E-state index >= 15 is 0 Å². The molecule has 102 valence electrons. The van der Waals surface area contributed by atoms with Crippen molar-refractivity contribution in [2.45, 2.75) is 31.7 Å². The Morgan fingerprint density at radius 2 is 2.05 bits per heavy atom. The van der Waals surface area contributed by atoms with Gasteiger partial charge in [0.05, 0.1) is 0 Å². The van der Waals surface area contributed by atoms with Crippen molar-refractivity contribution in [3.63, 3.8) is 0 Å². The predicted octanol–water partition coefficient (Wildman–Crippen LogP) is 2.55. The molecule has 0 aliphatic carbocycles. The summed E-state index contributed by atoms with van der Waals surface area (Å²) in [7, 11) is 0. The Morgan fingerprint density at radius 3 is 2.63 bits per heavy atom. The summed E-state index contributed by atoms with van der Waals surface area (Å²) in [5.74, 6) is -0.921. The van der Waals surface area contributed by atoms with Crippen LogP contribution in [-0.2, 0) is 4.79 Å². The molecule has 1 atom stereocenters. The van der Waals surface area contributed by atoms with E-state index in [0.29, 0.717) is 25.1 Å². The number of urea groups is 1. The van der Waals surface area contributed by atoms with Gasteiger partial charge in [-0.25, -0.2) is 9.59 Å². The maximum Gasteiger partial charge on any atom is 0.329 e. The minimum absolute atomic E-state index is 0.340. The molecule has 2 amide bonds. The number of hydrogen-bond donors (Lipinski definition) is 2. The lowest BCUT2D eigenvalue weighted by Gasteiger charge is -2.33. The van der Waals surface area contributed by atoms with Crippen molar-refractivity contribution < 1.29 is 14.7 Å². The Labute approximate surface area is 112 Å². The molecule has 0 radical (unpaired) electrons. The van der Waals surface area contributed by atoms with E-state index in [2.05, 4.69) is 5.32 Å². The smallest absolute Gasteiger partial charge is 0.329 e. The summed E-state index contributed by atoms with van der Waals surface area (Å²) in [6, 6.07) is 8.73. The molecule has 1 aliphatic heterocycles. The van der Waals surface area contributed by atoms with Crippen LogP contribution in [0.25, 0.3) is 0 Å². The number of carboxylic acid groups (broad SMARTS) is 1. The Balaban J connectivity index is 2.16. The third-order valence-electron chi connectivity index (χ3n) is 3.74. The van der Waals surface area contributed by atoms with Gasteiger partial charge in [0.2, 0.25) is 0 Å². The van der Waals surface area contributed by atoms with Crippen LogP contribution in [0.3, 0.4) is 0 Å². The zero-order chi connectivity index (χ0) is 13.9. The minimum atomic E-state index is -1.06. The highest BCUT2D eigenvalue weighted by atomic mass is 16.4. The number of rotatable bonds is 3. The first-order valence-electron chi connectivity index (χ1n) is 6.47. The average Bonchev–Trinajstić information content (AvgIpc) is 2.85. The molecule has 0 bridgehead atoms. The van der Waals surface area contributed by atoms with Crippen molar-refractivity contribution in [3.05, 3.63) is 30.3 Å². The molecule has 0 saturated carbocycles. The van der Waals surface area contributed by atoms with Gasteiger partial charge in [-0.1, -0.05) is 25.1 Å². The fourth-order valence-electron chi connectivity index (χ4n) is 2.63. The second-order valence-electron chi connectivity index (χ2n) is 4.74. The summed E-state index contributed by atoms with van der Waals surface area (Å²) in [5.41, 5.74) is -0.381. The molecule has 5 heteroatoms. The van der Waals surface area contributed by atoms with E-state index in [-0.39, 0.29) is 6.03 Å². The van der Waals surface area contributed by atoms with Crippen LogP contribution < -0.4 is 5.32 Å². The van der Waals surface area contributed by atoms with E-state index in [1.165, 1.54) is 4.90 Å². The maximum atomic E-state index is 12.2. The number of anilines is 1. The van der Waals surface area contributed by atoms with Gasteiger partial charge in [-0.15, -0.1) is 0 Å². The van der Waals surface area contributed by atoms with E-state index in [4.69, 9.17) is 0 Å². The van der Waals surface area contributed by atoms with E-state index in [1.54, 1.807) is 12.1 Å². The number of nitrogens with zero attached hydrogens (tertiary/aromatic N) is 1. The fourth-order valence-corrected chi connectivity index (χ4v) is 2.63. The van der Waals surface area contributed by atoms with E-state index in [0.717, 1.165) is 6.42 Å². The van der Waals surface area contributed by atoms with Crippen LogP contribution in [0.5, 0.6) is 0 Å². The van der Waals surface area contributed by atoms with Crippen molar-refractivity contribution in [1.82, 2.24) is 4.90 Å². The molecule has 1 aliphatic rings. The van der Waals surface area contributed by atoms with Gasteiger partial charge in [0.25, 0.3) is 0 Å². The maximum absolute atomic E-state index is 12.2. The molecule has 0 aromatic heterocycles. The van der Waals surface area contributed by atoms with Gasteiger partial charge in [-0.05, 0) is 31.4 Å². The van der Waals surface area contributed by atoms with E-state index in [1.807, 2.05) is 25.1 Å². The number of hydrogen-bond acceptors (Lipinski definition) is 2. The second kappa shape index (κ2) is 5.30. The number of aliphatic carboxylic acids is 1. The van der Waals surface area contributed by atoms with Crippen LogP contribution >= 0.6 is 0 Å². The lowest BCUT2D eigenvalue weighted by Crippen LogP contribution is -2.54. The Morgan fingerprint density at radius 1 is 1.37 bits per heavy atom. The monoisotopic (exact) mass is 262 g/mol. The highest BCUT2D eigenvalue weighted by molar-refractivity contribution is 5.94. The van der Waals surface area contributed by atoms with Crippen molar-refractivity contribution in [3.8, 4) is 0 Å².